The SMILES string of the molecule is CCn1c(NC(=O)c2cccc(OCCN3CCCC3=O)c2)nc2ccccc21. The van der Waals surface area contributed by atoms with Gasteiger partial charge in [-0.25, -0.2) is 4.98 Å². The number of carbonyl (C=O) groups is 2. The van der Waals surface area contributed by atoms with Gasteiger partial charge in [-0.2, -0.15) is 0 Å². The fraction of sp³-hybridized carbons (Fsp3) is 0.318. The number of likely N-dealkylation sites (tertiary alicyclic amines) is 1. The predicted octanol–water partition coefficient (Wildman–Crippen LogP) is 3.31. The van der Waals surface area contributed by atoms with Crippen LogP contribution in [0.5, 0.6) is 5.75 Å². The van der Waals surface area contributed by atoms with E-state index in [1.807, 2.05) is 46.7 Å². The van der Waals surface area contributed by atoms with Crippen molar-refractivity contribution in [2.45, 2.75) is 26.3 Å². The average molecular weight is 392 g/mol. The summed E-state index contributed by atoms with van der Waals surface area (Å²) in [6, 6.07) is 14.8. The van der Waals surface area contributed by atoms with Crippen LogP contribution in [-0.4, -0.2) is 46.0 Å². The molecule has 7 heteroatoms. The summed E-state index contributed by atoms with van der Waals surface area (Å²) in [5.41, 5.74) is 2.33. The molecule has 7 nitrogen and oxygen atoms in total. The van der Waals surface area contributed by atoms with Gasteiger partial charge in [-0.15, -0.1) is 0 Å². The highest BCUT2D eigenvalue weighted by atomic mass is 16.5. The van der Waals surface area contributed by atoms with Gasteiger partial charge in [0, 0.05) is 25.1 Å². The Hall–Kier alpha value is -3.35. The highest BCUT2D eigenvalue weighted by Crippen LogP contribution is 2.21. The number of amides is 2. The van der Waals surface area contributed by atoms with Gasteiger partial charge in [-0.1, -0.05) is 18.2 Å². The van der Waals surface area contributed by atoms with Crippen LogP contribution in [0.4, 0.5) is 5.95 Å². The van der Waals surface area contributed by atoms with Gasteiger partial charge < -0.3 is 14.2 Å². The third kappa shape index (κ3) is 4.08. The molecule has 1 aliphatic heterocycles. The van der Waals surface area contributed by atoms with Crippen molar-refractivity contribution in [3.8, 4) is 5.75 Å². The van der Waals surface area contributed by atoms with E-state index in [4.69, 9.17) is 4.74 Å². The lowest BCUT2D eigenvalue weighted by atomic mass is 10.2. The minimum atomic E-state index is -0.241. The molecule has 1 fully saturated rings. The van der Waals surface area contributed by atoms with E-state index in [9.17, 15) is 9.59 Å². The van der Waals surface area contributed by atoms with Crippen molar-refractivity contribution < 1.29 is 14.3 Å². The number of hydrogen-bond acceptors (Lipinski definition) is 4. The molecular formula is C22H24N4O3. The first kappa shape index (κ1) is 19.0. The molecule has 0 spiro atoms. The van der Waals surface area contributed by atoms with Crippen LogP contribution in [0, 0.1) is 0 Å². The molecule has 2 amide bonds. The molecule has 0 bridgehead atoms. The summed E-state index contributed by atoms with van der Waals surface area (Å²) in [5.74, 6) is 1.07. The molecule has 1 aliphatic rings. The summed E-state index contributed by atoms with van der Waals surface area (Å²) < 4.78 is 7.73. The average Bonchev–Trinajstić information content (AvgIpc) is 3.30. The van der Waals surface area contributed by atoms with Crippen LogP contribution in [0.3, 0.4) is 0 Å². The summed E-state index contributed by atoms with van der Waals surface area (Å²) >= 11 is 0. The van der Waals surface area contributed by atoms with E-state index in [-0.39, 0.29) is 11.8 Å². The zero-order chi connectivity index (χ0) is 20.2. The molecule has 0 atom stereocenters. The number of aryl methyl sites for hydroxylation is 1. The second kappa shape index (κ2) is 8.34. The maximum atomic E-state index is 12.8. The maximum Gasteiger partial charge on any atom is 0.258 e. The molecule has 1 aromatic heterocycles. The van der Waals surface area contributed by atoms with Crippen molar-refractivity contribution in [1.82, 2.24) is 14.5 Å². The maximum absolute atomic E-state index is 12.8. The zero-order valence-corrected chi connectivity index (χ0v) is 16.4. The summed E-state index contributed by atoms with van der Waals surface area (Å²) in [6.07, 6.45) is 1.54. The topological polar surface area (TPSA) is 76.5 Å². The van der Waals surface area contributed by atoms with Crippen molar-refractivity contribution in [3.05, 3.63) is 54.1 Å². The molecule has 2 aromatic carbocycles. The van der Waals surface area contributed by atoms with E-state index >= 15 is 0 Å². The lowest BCUT2D eigenvalue weighted by Crippen LogP contribution is -2.29. The second-order valence-electron chi connectivity index (χ2n) is 6.98. The third-order valence-corrected chi connectivity index (χ3v) is 5.09. The smallest absolute Gasteiger partial charge is 0.258 e. The number of imidazole rings is 1. The normalized spacial score (nSPS) is 13.8. The number of carbonyl (C=O) groups excluding carboxylic acids is 2. The number of nitrogens with zero attached hydrogens (tertiary/aromatic N) is 3. The van der Waals surface area contributed by atoms with Crippen molar-refractivity contribution in [2.24, 2.45) is 0 Å². The highest BCUT2D eigenvalue weighted by Gasteiger charge is 2.19. The number of nitrogens with one attached hydrogen (secondary N) is 1. The summed E-state index contributed by atoms with van der Waals surface area (Å²) in [6.45, 7) is 4.49. The Morgan fingerprint density at radius 2 is 2.07 bits per heavy atom. The molecule has 1 saturated heterocycles. The van der Waals surface area contributed by atoms with E-state index in [1.165, 1.54) is 0 Å². The van der Waals surface area contributed by atoms with Gasteiger partial charge in [-0.05, 0) is 43.7 Å². The molecule has 4 rings (SSSR count). The van der Waals surface area contributed by atoms with Crippen LogP contribution in [0.1, 0.15) is 30.1 Å². The third-order valence-electron chi connectivity index (χ3n) is 5.09. The summed E-state index contributed by atoms with van der Waals surface area (Å²) in [4.78, 5) is 30.8. The minimum Gasteiger partial charge on any atom is -0.492 e. The Bertz CT molecular complexity index is 1040. The van der Waals surface area contributed by atoms with Crippen molar-refractivity contribution >= 4 is 28.8 Å². The highest BCUT2D eigenvalue weighted by molar-refractivity contribution is 6.04. The first-order valence-corrected chi connectivity index (χ1v) is 9.93. The number of rotatable bonds is 7. The fourth-order valence-electron chi connectivity index (χ4n) is 3.61. The Labute approximate surface area is 169 Å². The van der Waals surface area contributed by atoms with Crippen LogP contribution in [0.15, 0.2) is 48.5 Å². The van der Waals surface area contributed by atoms with Gasteiger partial charge in [0.05, 0.1) is 17.6 Å². The summed E-state index contributed by atoms with van der Waals surface area (Å²) in [7, 11) is 0. The minimum absolute atomic E-state index is 0.181. The molecule has 0 aliphatic carbocycles. The molecule has 2 heterocycles. The Balaban J connectivity index is 1.43. The zero-order valence-electron chi connectivity index (χ0n) is 16.4. The number of aromatic nitrogens is 2. The second-order valence-corrected chi connectivity index (χ2v) is 6.98. The number of anilines is 1. The molecular weight excluding hydrogens is 368 g/mol. The van der Waals surface area contributed by atoms with E-state index in [1.54, 1.807) is 18.2 Å². The quantitative estimate of drug-likeness (QED) is 0.669. The molecule has 29 heavy (non-hydrogen) atoms. The summed E-state index contributed by atoms with van der Waals surface area (Å²) in [5, 5.41) is 2.91. The van der Waals surface area contributed by atoms with Crippen LogP contribution in [0.2, 0.25) is 0 Å². The molecule has 0 saturated carbocycles. The number of para-hydroxylation sites is 2. The van der Waals surface area contributed by atoms with Gasteiger partial charge >= 0.3 is 0 Å². The molecule has 0 unspecified atom stereocenters. The van der Waals surface area contributed by atoms with Crippen LogP contribution < -0.4 is 10.1 Å². The van der Waals surface area contributed by atoms with Gasteiger partial charge in [0.1, 0.15) is 12.4 Å². The predicted molar refractivity (Wildman–Crippen MR) is 111 cm³/mol. The van der Waals surface area contributed by atoms with Crippen LogP contribution in [0.25, 0.3) is 11.0 Å². The molecule has 0 radical (unpaired) electrons. The van der Waals surface area contributed by atoms with E-state index in [0.717, 1.165) is 24.0 Å². The monoisotopic (exact) mass is 392 g/mol. The molecule has 150 valence electrons. The van der Waals surface area contributed by atoms with E-state index < -0.39 is 0 Å². The first-order chi connectivity index (χ1) is 14.2. The van der Waals surface area contributed by atoms with Crippen LogP contribution in [-0.2, 0) is 11.3 Å². The van der Waals surface area contributed by atoms with Crippen LogP contribution >= 0.6 is 0 Å². The lowest BCUT2D eigenvalue weighted by Gasteiger charge is -2.16. The first-order valence-electron chi connectivity index (χ1n) is 9.93. The largest absolute Gasteiger partial charge is 0.492 e. The van der Waals surface area contributed by atoms with Crippen molar-refractivity contribution in [1.29, 1.82) is 0 Å². The fourth-order valence-corrected chi connectivity index (χ4v) is 3.61. The van der Waals surface area contributed by atoms with Crippen molar-refractivity contribution in [3.63, 3.8) is 0 Å². The number of fused-ring (bicyclic) bond motifs is 1. The number of ether oxygens (including phenoxy) is 1. The Kier molecular flexibility index (Phi) is 5.46. The number of hydrogen-bond donors (Lipinski definition) is 1. The lowest BCUT2D eigenvalue weighted by molar-refractivity contribution is -0.128. The Morgan fingerprint density at radius 3 is 2.86 bits per heavy atom. The van der Waals surface area contributed by atoms with E-state index in [0.29, 0.717) is 43.4 Å². The van der Waals surface area contributed by atoms with Crippen molar-refractivity contribution in [2.75, 3.05) is 25.0 Å². The molecule has 3 aromatic rings. The standard InChI is InChI=1S/C22H24N4O3/c1-2-26-19-10-4-3-9-18(19)23-22(26)24-21(28)16-7-5-8-17(15-16)29-14-13-25-12-6-11-20(25)27/h3-5,7-10,15H,2,6,11-14H2,1H3,(H,23,24,28). The number of benzene rings is 2. The van der Waals surface area contributed by atoms with Gasteiger partial charge in [-0.3, -0.25) is 14.9 Å². The molecule has 1 N–H and O–H groups in total. The van der Waals surface area contributed by atoms with E-state index in [2.05, 4.69) is 10.3 Å². The Morgan fingerprint density at radius 1 is 1.21 bits per heavy atom. The van der Waals surface area contributed by atoms with Gasteiger partial charge in [0.2, 0.25) is 11.9 Å². The van der Waals surface area contributed by atoms with Gasteiger partial charge in [0.25, 0.3) is 5.91 Å². The van der Waals surface area contributed by atoms with Gasteiger partial charge in [0.15, 0.2) is 0 Å².